The Morgan fingerprint density at radius 2 is 1.78 bits per heavy atom. The number of likely N-dealkylation sites (tertiary alicyclic amines) is 1. The van der Waals surface area contributed by atoms with Crippen molar-refractivity contribution in [3.63, 3.8) is 0 Å². The Kier molecular flexibility index (Phi) is 4.46. The molecule has 1 aliphatic rings. The van der Waals surface area contributed by atoms with E-state index in [1.807, 2.05) is 0 Å². The average Bonchev–Trinajstić information content (AvgIpc) is 2.39. The van der Waals surface area contributed by atoms with Crippen molar-refractivity contribution in [2.24, 2.45) is 5.73 Å². The van der Waals surface area contributed by atoms with E-state index in [1.54, 1.807) is 0 Å². The van der Waals surface area contributed by atoms with Crippen LogP contribution in [0.2, 0.25) is 0 Å². The number of hydrogen-bond acceptors (Lipinski definition) is 2. The number of nitrogens with zero attached hydrogens (tertiary/aromatic N) is 1. The minimum atomic E-state index is 0.187. The van der Waals surface area contributed by atoms with Gasteiger partial charge in [-0.25, -0.2) is 0 Å². The van der Waals surface area contributed by atoms with Crippen molar-refractivity contribution in [1.29, 1.82) is 0 Å². The minimum Gasteiger partial charge on any atom is -0.330 e. The minimum absolute atomic E-state index is 0.187. The lowest BCUT2D eigenvalue weighted by atomic mass is 9.72. The van der Waals surface area contributed by atoms with Crippen LogP contribution in [0, 0.1) is 0 Å². The fraction of sp³-hybridized carbons (Fsp3) is 0.600. The van der Waals surface area contributed by atoms with Crippen LogP contribution in [-0.4, -0.2) is 30.6 Å². The molecule has 0 aromatic heterocycles. The van der Waals surface area contributed by atoms with Crippen LogP contribution < -0.4 is 5.73 Å². The van der Waals surface area contributed by atoms with Gasteiger partial charge >= 0.3 is 0 Å². The molecule has 0 aliphatic carbocycles. The summed E-state index contributed by atoms with van der Waals surface area (Å²) in [5, 5.41) is 0. The molecule has 0 atom stereocenters. The predicted octanol–water partition coefficient (Wildman–Crippen LogP) is 3.15. The summed E-state index contributed by atoms with van der Waals surface area (Å²) in [7, 11) is 0. The van der Waals surface area contributed by atoms with Crippen LogP contribution in [-0.2, 0) is 5.41 Å². The number of benzene rings is 1. The second kappa shape index (κ2) is 5.72. The van der Waals surface area contributed by atoms with Crippen molar-refractivity contribution in [2.75, 3.05) is 19.6 Å². The summed E-state index contributed by atoms with van der Waals surface area (Å²) in [6, 6.07) is 9.35. The molecule has 1 aliphatic heterocycles. The Morgan fingerprint density at radius 1 is 1.22 bits per heavy atom. The molecule has 0 radical (unpaired) electrons. The van der Waals surface area contributed by atoms with Crippen molar-refractivity contribution < 1.29 is 0 Å². The Balaban J connectivity index is 2.16. The van der Waals surface area contributed by atoms with E-state index in [4.69, 9.17) is 5.73 Å². The second-order valence-corrected chi connectivity index (χ2v) is 6.54. The van der Waals surface area contributed by atoms with Crippen LogP contribution in [0.15, 0.2) is 28.7 Å². The fourth-order valence-electron chi connectivity index (χ4n) is 2.88. The summed E-state index contributed by atoms with van der Waals surface area (Å²) in [4.78, 5) is 2.55. The molecule has 0 amide bonds. The Morgan fingerprint density at radius 3 is 2.22 bits per heavy atom. The Labute approximate surface area is 119 Å². The maximum Gasteiger partial charge on any atom is 0.0175 e. The molecule has 2 nitrogen and oxygen atoms in total. The van der Waals surface area contributed by atoms with Crippen LogP contribution in [0.5, 0.6) is 0 Å². The monoisotopic (exact) mass is 310 g/mol. The first kappa shape index (κ1) is 14.0. The van der Waals surface area contributed by atoms with E-state index in [9.17, 15) is 0 Å². The SMILES string of the molecule is CC(C)N1CCC(CN)(c2ccc(Br)cc2)CC1. The maximum absolute atomic E-state index is 6.10. The zero-order valence-electron chi connectivity index (χ0n) is 11.3. The van der Waals surface area contributed by atoms with E-state index >= 15 is 0 Å². The summed E-state index contributed by atoms with van der Waals surface area (Å²) in [5.41, 5.74) is 7.69. The molecule has 0 spiro atoms. The Hall–Kier alpha value is -0.380. The van der Waals surface area contributed by atoms with Crippen molar-refractivity contribution in [3.05, 3.63) is 34.3 Å². The molecule has 1 saturated heterocycles. The number of rotatable bonds is 3. The highest BCUT2D eigenvalue weighted by Crippen LogP contribution is 2.35. The topological polar surface area (TPSA) is 29.3 Å². The summed E-state index contributed by atoms with van der Waals surface area (Å²) in [6.07, 6.45) is 2.34. The van der Waals surface area contributed by atoms with E-state index in [0.717, 1.165) is 24.1 Å². The summed E-state index contributed by atoms with van der Waals surface area (Å²) >= 11 is 3.50. The van der Waals surface area contributed by atoms with Crippen molar-refractivity contribution >= 4 is 15.9 Å². The first-order valence-corrected chi connectivity index (χ1v) is 7.57. The van der Waals surface area contributed by atoms with Gasteiger partial charge in [0.2, 0.25) is 0 Å². The number of halogens is 1. The van der Waals surface area contributed by atoms with E-state index in [2.05, 4.69) is 58.9 Å². The van der Waals surface area contributed by atoms with Crippen LogP contribution in [0.3, 0.4) is 0 Å². The largest absolute Gasteiger partial charge is 0.330 e. The molecule has 0 unspecified atom stereocenters. The highest BCUT2D eigenvalue weighted by atomic mass is 79.9. The van der Waals surface area contributed by atoms with Crippen molar-refractivity contribution in [3.8, 4) is 0 Å². The Bertz CT molecular complexity index is 378. The number of hydrogen-bond donors (Lipinski definition) is 1. The standard InChI is InChI=1S/C15H23BrN2/c1-12(2)18-9-7-15(11-17,8-10-18)13-3-5-14(16)6-4-13/h3-6,12H,7-11,17H2,1-2H3. The molecule has 18 heavy (non-hydrogen) atoms. The highest BCUT2D eigenvalue weighted by Gasteiger charge is 2.35. The van der Waals surface area contributed by atoms with Gasteiger partial charge in [-0.3, -0.25) is 0 Å². The summed E-state index contributed by atoms with van der Waals surface area (Å²) in [5.74, 6) is 0. The molecule has 100 valence electrons. The first-order chi connectivity index (χ1) is 8.57. The van der Waals surface area contributed by atoms with Crippen molar-refractivity contribution in [1.82, 2.24) is 4.90 Å². The van der Waals surface area contributed by atoms with Gasteiger partial charge in [-0.1, -0.05) is 28.1 Å². The normalized spacial score (nSPS) is 20.3. The summed E-state index contributed by atoms with van der Waals surface area (Å²) < 4.78 is 1.14. The van der Waals surface area contributed by atoms with Gasteiger partial charge in [0.25, 0.3) is 0 Å². The molecule has 1 aromatic rings. The zero-order valence-corrected chi connectivity index (χ0v) is 12.9. The van der Waals surface area contributed by atoms with Crippen LogP contribution in [0.25, 0.3) is 0 Å². The van der Waals surface area contributed by atoms with E-state index < -0.39 is 0 Å². The van der Waals surface area contributed by atoms with Gasteiger partial charge in [0.15, 0.2) is 0 Å². The van der Waals surface area contributed by atoms with E-state index in [1.165, 1.54) is 18.4 Å². The first-order valence-electron chi connectivity index (χ1n) is 6.77. The molecule has 0 bridgehead atoms. The van der Waals surface area contributed by atoms with Crippen LogP contribution in [0.4, 0.5) is 0 Å². The van der Waals surface area contributed by atoms with E-state index in [0.29, 0.717) is 6.04 Å². The van der Waals surface area contributed by atoms with E-state index in [-0.39, 0.29) is 5.41 Å². The second-order valence-electron chi connectivity index (χ2n) is 5.62. The molecule has 0 saturated carbocycles. The van der Waals surface area contributed by atoms with Gasteiger partial charge in [-0.05, 0) is 57.5 Å². The zero-order chi connectivity index (χ0) is 13.2. The number of piperidine rings is 1. The molecule has 2 N–H and O–H groups in total. The van der Waals surface area contributed by atoms with Gasteiger partial charge in [0.05, 0.1) is 0 Å². The highest BCUT2D eigenvalue weighted by molar-refractivity contribution is 9.10. The summed E-state index contributed by atoms with van der Waals surface area (Å²) in [6.45, 7) is 7.61. The van der Waals surface area contributed by atoms with Gasteiger partial charge < -0.3 is 10.6 Å². The molecule has 3 heteroatoms. The third-order valence-electron chi connectivity index (χ3n) is 4.33. The molecular formula is C15H23BrN2. The fourth-order valence-corrected chi connectivity index (χ4v) is 3.15. The van der Waals surface area contributed by atoms with Gasteiger partial charge in [-0.2, -0.15) is 0 Å². The quantitative estimate of drug-likeness (QED) is 0.929. The molecule has 1 aromatic carbocycles. The van der Waals surface area contributed by atoms with Gasteiger partial charge in [0, 0.05) is 22.5 Å². The van der Waals surface area contributed by atoms with Gasteiger partial charge in [-0.15, -0.1) is 0 Å². The molecule has 1 fully saturated rings. The lowest BCUT2D eigenvalue weighted by Gasteiger charge is -2.43. The molecule has 1 heterocycles. The van der Waals surface area contributed by atoms with Crippen LogP contribution >= 0.6 is 15.9 Å². The van der Waals surface area contributed by atoms with Crippen LogP contribution in [0.1, 0.15) is 32.3 Å². The third kappa shape index (κ3) is 2.79. The van der Waals surface area contributed by atoms with Gasteiger partial charge in [0.1, 0.15) is 0 Å². The average molecular weight is 311 g/mol. The lowest BCUT2D eigenvalue weighted by molar-refractivity contribution is 0.132. The maximum atomic E-state index is 6.10. The number of nitrogens with two attached hydrogens (primary N) is 1. The molecular weight excluding hydrogens is 288 g/mol. The predicted molar refractivity (Wildman–Crippen MR) is 80.8 cm³/mol. The lowest BCUT2D eigenvalue weighted by Crippen LogP contribution is -2.48. The molecule has 2 rings (SSSR count). The van der Waals surface area contributed by atoms with Crippen molar-refractivity contribution in [2.45, 2.75) is 38.1 Å². The smallest absolute Gasteiger partial charge is 0.0175 e. The third-order valence-corrected chi connectivity index (χ3v) is 4.86.